The van der Waals surface area contributed by atoms with Gasteiger partial charge in [0.05, 0.1) is 0 Å². The molecule has 7 nitrogen and oxygen atoms in total. The molecule has 0 saturated carbocycles. The van der Waals surface area contributed by atoms with Crippen LogP contribution in [-0.2, 0) is 16.3 Å². The van der Waals surface area contributed by atoms with Crippen molar-refractivity contribution in [2.75, 3.05) is 37.2 Å². The molecule has 0 bridgehead atoms. The first kappa shape index (κ1) is 22.4. The highest BCUT2D eigenvalue weighted by Crippen LogP contribution is 2.26. The lowest BCUT2D eigenvalue weighted by Crippen LogP contribution is -2.49. The van der Waals surface area contributed by atoms with Gasteiger partial charge in [-0.15, -0.1) is 5.10 Å². The number of hydrogen-bond donors (Lipinski definition) is 1. The van der Waals surface area contributed by atoms with Gasteiger partial charge in [0.2, 0.25) is 0 Å². The summed E-state index contributed by atoms with van der Waals surface area (Å²) < 4.78 is 15.7. The number of halogens is 1. The fourth-order valence-electron chi connectivity index (χ4n) is 3.67. The first-order valence-corrected chi connectivity index (χ1v) is 12.8. The van der Waals surface area contributed by atoms with Gasteiger partial charge in [0.1, 0.15) is 0 Å². The van der Waals surface area contributed by atoms with Crippen LogP contribution < -0.4 is 4.72 Å². The van der Waals surface area contributed by atoms with Crippen LogP contribution in [0.15, 0.2) is 60.8 Å². The van der Waals surface area contributed by atoms with E-state index in [1.54, 1.807) is 17.2 Å². The van der Waals surface area contributed by atoms with Gasteiger partial charge in [-0.3, -0.25) is 9.62 Å². The van der Waals surface area contributed by atoms with Crippen LogP contribution in [0, 0.1) is 0 Å². The quantitative estimate of drug-likeness (QED) is 0.576. The van der Waals surface area contributed by atoms with Crippen molar-refractivity contribution in [3.8, 4) is 11.1 Å². The number of carbonyl (C=O) groups is 1. The third-order valence-electron chi connectivity index (χ3n) is 5.30. The molecular weight excluding hydrogens is 446 g/mol. The van der Waals surface area contributed by atoms with Gasteiger partial charge in [-0.2, -0.15) is 4.68 Å². The number of benzene rings is 2. The second-order valence-electron chi connectivity index (χ2n) is 7.97. The summed E-state index contributed by atoms with van der Waals surface area (Å²) in [6.07, 6.45) is 3.05. The summed E-state index contributed by atoms with van der Waals surface area (Å²) in [5.74, 6) is 3.90. The van der Waals surface area contributed by atoms with E-state index in [1.807, 2.05) is 24.3 Å². The zero-order chi connectivity index (χ0) is 22.7. The Kier molecular flexibility index (Phi) is 6.55. The molecule has 0 spiro atoms. The predicted molar refractivity (Wildman–Crippen MR) is 132 cm³/mol. The van der Waals surface area contributed by atoms with E-state index >= 15 is 0 Å². The summed E-state index contributed by atoms with van der Waals surface area (Å²) in [5.41, 5.74) is 3.31. The van der Waals surface area contributed by atoms with Gasteiger partial charge < -0.3 is 4.90 Å². The second kappa shape index (κ2) is 9.36. The predicted octanol–water partition coefficient (Wildman–Crippen LogP) is 3.66. The van der Waals surface area contributed by atoms with Crippen LogP contribution in [0.25, 0.3) is 11.1 Å². The van der Waals surface area contributed by atoms with Crippen molar-refractivity contribution >= 4 is 39.0 Å². The summed E-state index contributed by atoms with van der Waals surface area (Å²) >= 11 is 6.57. The lowest BCUT2D eigenvalue weighted by atomic mass is 10.0. The molecule has 1 aliphatic rings. The minimum atomic E-state index is -2.44. The zero-order valence-corrected chi connectivity index (χ0v) is 19.5. The van der Waals surface area contributed by atoms with E-state index in [-0.39, 0.29) is 6.03 Å². The molecule has 0 radical (unpaired) electrons. The average molecular weight is 472 g/mol. The molecule has 1 saturated heterocycles. The van der Waals surface area contributed by atoms with Crippen molar-refractivity contribution in [1.82, 2.24) is 19.6 Å². The highest BCUT2D eigenvalue weighted by Gasteiger charge is 2.23. The van der Waals surface area contributed by atoms with E-state index in [0.717, 1.165) is 41.3 Å². The molecule has 1 N–H and O–H groups in total. The molecule has 1 fully saturated rings. The summed E-state index contributed by atoms with van der Waals surface area (Å²) in [6.45, 7) is 3.43. The van der Waals surface area contributed by atoms with Crippen LogP contribution in [0.3, 0.4) is 0 Å². The Balaban J connectivity index is 1.33. The Morgan fingerprint density at radius 1 is 1.09 bits per heavy atom. The zero-order valence-electron chi connectivity index (χ0n) is 17.9. The van der Waals surface area contributed by atoms with Crippen LogP contribution in [0.1, 0.15) is 5.56 Å². The summed E-state index contributed by atoms with van der Waals surface area (Å²) in [4.78, 5) is 16.8. The third kappa shape index (κ3) is 5.51. The van der Waals surface area contributed by atoms with Crippen molar-refractivity contribution in [3.63, 3.8) is 0 Å². The first-order valence-electron chi connectivity index (χ1n) is 10.3. The van der Waals surface area contributed by atoms with Gasteiger partial charge in [-0.25, -0.2) is 9.00 Å². The van der Waals surface area contributed by atoms with E-state index < -0.39 is 9.71 Å². The number of nitrogens with one attached hydrogen (secondary N) is 1. The van der Waals surface area contributed by atoms with Crippen molar-refractivity contribution in [1.29, 1.82) is 0 Å². The number of nitrogens with zero attached hydrogens (tertiary/aromatic N) is 4. The monoisotopic (exact) mass is 471 g/mol. The average Bonchev–Trinajstić information content (AvgIpc) is 3.22. The molecule has 1 aromatic heterocycles. The number of aromatic nitrogens is 2. The van der Waals surface area contributed by atoms with Gasteiger partial charge in [0.25, 0.3) is 0 Å². The van der Waals surface area contributed by atoms with Gasteiger partial charge in [-0.1, -0.05) is 54.1 Å². The van der Waals surface area contributed by atoms with Gasteiger partial charge >= 0.3 is 6.03 Å². The lowest BCUT2D eigenvalue weighted by molar-refractivity contribution is 0.134. The van der Waals surface area contributed by atoms with Crippen molar-refractivity contribution in [3.05, 3.63) is 71.4 Å². The molecule has 2 aromatic carbocycles. The highest BCUT2D eigenvalue weighted by atomic mass is 35.5. The fraction of sp³-hybridized carbons (Fsp3) is 0.261. The molecule has 3 aromatic rings. The number of hydrogen-bond acceptors (Lipinski definition) is 4. The topological polar surface area (TPSA) is 70.5 Å². The van der Waals surface area contributed by atoms with Crippen LogP contribution in [0.5, 0.6) is 0 Å². The molecule has 1 unspecified atom stereocenters. The Hall–Kier alpha value is -2.81. The highest BCUT2D eigenvalue weighted by molar-refractivity contribution is 8.00. The maximum Gasteiger partial charge on any atom is 0.344 e. The molecule has 1 amide bonds. The van der Waals surface area contributed by atoms with Gasteiger partial charge in [0.15, 0.2) is 5.82 Å². The van der Waals surface area contributed by atoms with Crippen molar-refractivity contribution in [2.45, 2.75) is 6.54 Å². The van der Waals surface area contributed by atoms with E-state index in [0.29, 0.717) is 18.9 Å². The maximum absolute atomic E-state index is 12.7. The minimum Gasteiger partial charge on any atom is -0.320 e. The molecule has 32 heavy (non-hydrogen) atoms. The van der Waals surface area contributed by atoms with E-state index in [2.05, 4.69) is 44.9 Å². The molecule has 9 heteroatoms. The molecule has 2 heterocycles. The molecule has 4 rings (SSSR count). The molecule has 1 atom stereocenters. The first-order chi connectivity index (χ1) is 15.3. The Morgan fingerprint density at radius 2 is 1.81 bits per heavy atom. The van der Waals surface area contributed by atoms with E-state index in [4.69, 9.17) is 11.6 Å². The summed E-state index contributed by atoms with van der Waals surface area (Å²) in [5, 5.41) is 4.92. The number of piperazine rings is 1. The lowest BCUT2D eigenvalue weighted by Gasteiger charge is -2.34. The standard InChI is InChI=1S/C23H26ClN5O2S/c1-32(2,31)26-22-10-11-29(25-22)23(30)28-14-12-27(13-15-28)17-20-9-8-19(16-21(20)24)18-6-4-3-5-7-18/h3-11,16H,1,12-15,17H2,2H3,(H,25,26,31). The molecular formula is C23H26ClN5O2S. The normalized spacial score (nSPS) is 16.5. The van der Waals surface area contributed by atoms with Crippen LogP contribution in [-0.4, -0.2) is 68.1 Å². The van der Waals surface area contributed by atoms with Gasteiger partial charge in [0, 0.05) is 66.0 Å². The van der Waals surface area contributed by atoms with Crippen LogP contribution in [0.4, 0.5) is 10.6 Å². The Bertz CT molecular complexity index is 1200. The summed E-state index contributed by atoms with van der Waals surface area (Å²) in [7, 11) is -2.44. The SMILES string of the molecule is C=S(C)(=O)Nc1ccn(C(=O)N2CCN(Cc3ccc(-c4ccccc4)cc3Cl)CC2)n1. The van der Waals surface area contributed by atoms with Crippen molar-refractivity contribution in [2.24, 2.45) is 0 Å². The molecule has 0 aliphatic carbocycles. The summed E-state index contributed by atoms with van der Waals surface area (Å²) in [6, 6.07) is 17.8. The Labute approximate surface area is 193 Å². The number of anilines is 1. The van der Waals surface area contributed by atoms with Crippen LogP contribution >= 0.6 is 11.6 Å². The number of carbonyl (C=O) groups excluding carboxylic acids is 1. The fourth-order valence-corrected chi connectivity index (χ4v) is 4.47. The van der Waals surface area contributed by atoms with Gasteiger partial charge in [-0.05, 0) is 28.6 Å². The number of rotatable bonds is 5. The molecule has 168 valence electrons. The van der Waals surface area contributed by atoms with E-state index in [1.165, 1.54) is 10.9 Å². The molecule has 1 aliphatic heterocycles. The Morgan fingerprint density at radius 3 is 2.47 bits per heavy atom. The second-order valence-corrected chi connectivity index (χ2v) is 10.6. The smallest absolute Gasteiger partial charge is 0.320 e. The largest absolute Gasteiger partial charge is 0.344 e. The van der Waals surface area contributed by atoms with Crippen LogP contribution in [0.2, 0.25) is 5.02 Å². The maximum atomic E-state index is 12.7. The third-order valence-corrected chi connectivity index (χ3v) is 6.30. The van der Waals surface area contributed by atoms with E-state index in [9.17, 15) is 9.00 Å². The van der Waals surface area contributed by atoms with Crippen molar-refractivity contribution < 1.29 is 9.00 Å². The minimum absolute atomic E-state index is 0.199. The number of amides is 1.